The fourth-order valence-electron chi connectivity index (χ4n) is 1.54. The molecule has 0 radical (unpaired) electrons. The number of halogens is 4. The highest BCUT2D eigenvalue weighted by Gasteiger charge is 2.13. The summed E-state index contributed by atoms with van der Waals surface area (Å²) in [5.41, 5.74) is 5.10. The molecule has 0 heterocycles. The van der Waals surface area contributed by atoms with E-state index >= 15 is 0 Å². The van der Waals surface area contributed by atoms with Crippen LogP contribution in [0.25, 0.3) is 0 Å². The first-order valence-electron chi connectivity index (χ1n) is 5.39. The Labute approximate surface area is 126 Å². The van der Waals surface area contributed by atoms with Crippen molar-refractivity contribution < 1.29 is 13.6 Å². The molecule has 7 heteroatoms. The van der Waals surface area contributed by atoms with Crippen molar-refractivity contribution in [2.45, 2.75) is 0 Å². The predicted octanol–water partition coefficient (Wildman–Crippen LogP) is 4.22. The molecule has 2 aromatic rings. The maximum absolute atomic E-state index is 13.5. The number of amides is 1. The van der Waals surface area contributed by atoms with Gasteiger partial charge < -0.3 is 11.1 Å². The van der Waals surface area contributed by atoms with Crippen LogP contribution in [0.1, 0.15) is 10.4 Å². The van der Waals surface area contributed by atoms with Crippen molar-refractivity contribution in [1.29, 1.82) is 0 Å². The second kappa shape index (κ2) is 5.76. The first kappa shape index (κ1) is 14.7. The minimum Gasteiger partial charge on any atom is -0.396 e. The standard InChI is InChI=1S/C13H8BrClF2N2O/c14-7-1-6(2-8(15)3-7)13(20)19-12-5-11(18)9(16)4-10(12)17/h1-5H,18H2,(H,19,20). The Kier molecular flexibility index (Phi) is 4.25. The monoisotopic (exact) mass is 360 g/mol. The molecule has 1 amide bonds. The van der Waals surface area contributed by atoms with E-state index in [9.17, 15) is 13.6 Å². The van der Waals surface area contributed by atoms with E-state index in [4.69, 9.17) is 17.3 Å². The van der Waals surface area contributed by atoms with Crippen molar-refractivity contribution in [3.8, 4) is 0 Å². The lowest BCUT2D eigenvalue weighted by molar-refractivity contribution is 0.102. The summed E-state index contributed by atoms with van der Waals surface area (Å²) in [6, 6.07) is 6.17. The molecule has 2 aromatic carbocycles. The largest absolute Gasteiger partial charge is 0.396 e. The maximum Gasteiger partial charge on any atom is 0.255 e. The van der Waals surface area contributed by atoms with Crippen molar-refractivity contribution in [1.82, 2.24) is 0 Å². The third-order valence-electron chi connectivity index (χ3n) is 2.46. The van der Waals surface area contributed by atoms with Crippen molar-refractivity contribution in [2.24, 2.45) is 0 Å². The molecule has 20 heavy (non-hydrogen) atoms. The van der Waals surface area contributed by atoms with E-state index in [0.717, 1.165) is 6.07 Å². The van der Waals surface area contributed by atoms with Crippen molar-refractivity contribution in [3.63, 3.8) is 0 Å². The number of nitrogen functional groups attached to an aromatic ring is 1. The zero-order chi connectivity index (χ0) is 14.9. The van der Waals surface area contributed by atoms with Crippen molar-refractivity contribution in [2.75, 3.05) is 11.1 Å². The van der Waals surface area contributed by atoms with E-state index < -0.39 is 17.5 Å². The van der Waals surface area contributed by atoms with Crippen LogP contribution in [-0.4, -0.2) is 5.91 Å². The van der Waals surface area contributed by atoms with Gasteiger partial charge in [0.25, 0.3) is 5.91 Å². The summed E-state index contributed by atoms with van der Waals surface area (Å²) in [6.07, 6.45) is 0. The highest BCUT2D eigenvalue weighted by molar-refractivity contribution is 9.10. The van der Waals surface area contributed by atoms with Gasteiger partial charge in [0, 0.05) is 21.1 Å². The van der Waals surface area contributed by atoms with Crippen molar-refractivity contribution in [3.05, 3.63) is 57.0 Å². The molecule has 3 N–H and O–H groups in total. The van der Waals surface area contributed by atoms with E-state index in [-0.39, 0.29) is 16.9 Å². The zero-order valence-corrected chi connectivity index (χ0v) is 12.2. The lowest BCUT2D eigenvalue weighted by Gasteiger charge is -2.08. The Morgan fingerprint density at radius 1 is 1.15 bits per heavy atom. The minimum atomic E-state index is -0.911. The number of anilines is 2. The lowest BCUT2D eigenvalue weighted by atomic mass is 10.2. The Morgan fingerprint density at radius 2 is 1.85 bits per heavy atom. The molecule has 0 saturated carbocycles. The summed E-state index contributed by atoms with van der Waals surface area (Å²) >= 11 is 9.02. The van der Waals surface area contributed by atoms with E-state index in [1.807, 2.05) is 0 Å². The number of hydrogen-bond acceptors (Lipinski definition) is 2. The van der Waals surface area contributed by atoms with Crippen LogP contribution < -0.4 is 11.1 Å². The first-order chi connectivity index (χ1) is 9.36. The van der Waals surface area contributed by atoms with Gasteiger partial charge in [-0.05, 0) is 24.3 Å². The van der Waals surface area contributed by atoms with E-state index in [2.05, 4.69) is 21.2 Å². The molecule has 0 unspecified atom stereocenters. The number of benzene rings is 2. The number of nitrogens with two attached hydrogens (primary N) is 1. The molecule has 0 spiro atoms. The molecule has 0 saturated heterocycles. The van der Waals surface area contributed by atoms with Crippen LogP contribution in [0.4, 0.5) is 20.2 Å². The molecular formula is C13H8BrClF2N2O. The summed E-state index contributed by atoms with van der Waals surface area (Å²) in [5.74, 6) is -2.38. The Morgan fingerprint density at radius 3 is 2.50 bits per heavy atom. The number of carbonyl (C=O) groups is 1. The molecular weight excluding hydrogens is 354 g/mol. The number of carbonyl (C=O) groups excluding carboxylic acids is 1. The van der Waals surface area contributed by atoms with Gasteiger partial charge in [-0.2, -0.15) is 0 Å². The van der Waals surface area contributed by atoms with Gasteiger partial charge in [0.05, 0.1) is 11.4 Å². The normalized spacial score (nSPS) is 10.4. The summed E-state index contributed by atoms with van der Waals surface area (Å²) in [7, 11) is 0. The quantitative estimate of drug-likeness (QED) is 0.787. The summed E-state index contributed by atoms with van der Waals surface area (Å²) < 4.78 is 27.1. The average Bonchev–Trinajstić information content (AvgIpc) is 2.34. The van der Waals surface area contributed by atoms with Crippen molar-refractivity contribution >= 4 is 44.8 Å². The zero-order valence-electron chi connectivity index (χ0n) is 9.88. The number of rotatable bonds is 2. The fourth-order valence-corrected chi connectivity index (χ4v) is 2.40. The SMILES string of the molecule is Nc1cc(NC(=O)c2cc(Cl)cc(Br)c2)c(F)cc1F. The third-order valence-corrected chi connectivity index (χ3v) is 3.14. The summed E-state index contributed by atoms with van der Waals surface area (Å²) in [5, 5.41) is 2.66. The Hall–Kier alpha value is -1.66. The smallest absolute Gasteiger partial charge is 0.255 e. The van der Waals surface area contributed by atoms with Crippen LogP contribution in [0.2, 0.25) is 5.02 Å². The van der Waals surface area contributed by atoms with Crippen LogP contribution in [0, 0.1) is 11.6 Å². The molecule has 0 aromatic heterocycles. The average molecular weight is 362 g/mol. The van der Waals surface area contributed by atoms with Gasteiger partial charge in [-0.1, -0.05) is 27.5 Å². The van der Waals surface area contributed by atoms with Gasteiger partial charge in [-0.15, -0.1) is 0 Å². The predicted molar refractivity (Wildman–Crippen MR) is 77.9 cm³/mol. The molecule has 2 rings (SSSR count). The minimum absolute atomic E-state index is 0.204. The van der Waals surface area contributed by atoms with Gasteiger partial charge in [-0.3, -0.25) is 4.79 Å². The molecule has 0 fully saturated rings. The van der Waals surface area contributed by atoms with E-state index in [1.165, 1.54) is 12.1 Å². The molecule has 0 bridgehead atoms. The van der Waals surface area contributed by atoms with Gasteiger partial charge >= 0.3 is 0 Å². The van der Waals surface area contributed by atoms with Crippen LogP contribution in [0.5, 0.6) is 0 Å². The second-order valence-corrected chi connectivity index (χ2v) is 5.32. The molecule has 0 aliphatic heterocycles. The second-order valence-electron chi connectivity index (χ2n) is 3.97. The number of hydrogen-bond donors (Lipinski definition) is 2. The first-order valence-corrected chi connectivity index (χ1v) is 6.56. The van der Waals surface area contributed by atoms with Crippen LogP contribution in [-0.2, 0) is 0 Å². The van der Waals surface area contributed by atoms with E-state index in [1.54, 1.807) is 6.07 Å². The highest BCUT2D eigenvalue weighted by Crippen LogP contribution is 2.23. The van der Waals surface area contributed by atoms with Crippen LogP contribution in [0.15, 0.2) is 34.8 Å². The molecule has 0 aliphatic carbocycles. The topological polar surface area (TPSA) is 55.1 Å². The molecule has 0 atom stereocenters. The maximum atomic E-state index is 13.5. The van der Waals surface area contributed by atoms with E-state index in [0.29, 0.717) is 15.6 Å². The lowest BCUT2D eigenvalue weighted by Crippen LogP contribution is -2.13. The van der Waals surface area contributed by atoms with Gasteiger partial charge in [0.2, 0.25) is 0 Å². The summed E-state index contributed by atoms with van der Waals surface area (Å²) in [4.78, 5) is 12.0. The fraction of sp³-hybridized carbons (Fsp3) is 0. The van der Waals surface area contributed by atoms with Gasteiger partial charge in [0.1, 0.15) is 11.6 Å². The Balaban J connectivity index is 2.30. The van der Waals surface area contributed by atoms with Crippen LogP contribution >= 0.6 is 27.5 Å². The number of nitrogens with one attached hydrogen (secondary N) is 1. The molecule has 104 valence electrons. The molecule has 0 aliphatic rings. The van der Waals surface area contributed by atoms with Gasteiger partial charge in [-0.25, -0.2) is 8.78 Å². The highest BCUT2D eigenvalue weighted by atomic mass is 79.9. The molecule has 3 nitrogen and oxygen atoms in total. The Bertz CT molecular complexity index is 674. The summed E-state index contributed by atoms with van der Waals surface area (Å²) in [6.45, 7) is 0. The van der Waals surface area contributed by atoms with Gasteiger partial charge in [0.15, 0.2) is 0 Å². The van der Waals surface area contributed by atoms with Crippen LogP contribution in [0.3, 0.4) is 0 Å². The third kappa shape index (κ3) is 3.26.